The number of ketones is 1. The highest BCUT2D eigenvalue weighted by molar-refractivity contribution is 7.18. The molecule has 1 aliphatic rings. The van der Waals surface area contributed by atoms with Gasteiger partial charge in [0.15, 0.2) is 11.9 Å². The average Bonchev–Trinajstić information content (AvgIpc) is 3.12. The molecule has 0 radical (unpaired) electrons. The van der Waals surface area contributed by atoms with Gasteiger partial charge in [0.1, 0.15) is 17.0 Å². The fourth-order valence-corrected chi connectivity index (χ4v) is 5.11. The normalized spacial score (nSPS) is 15.2. The van der Waals surface area contributed by atoms with Crippen molar-refractivity contribution in [2.45, 2.75) is 46.6 Å². The second-order valence-corrected chi connectivity index (χ2v) is 9.83. The van der Waals surface area contributed by atoms with E-state index in [0.29, 0.717) is 37.2 Å². The predicted octanol–water partition coefficient (Wildman–Crippen LogP) is 4.30. The van der Waals surface area contributed by atoms with Crippen LogP contribution in [0.25, 0.3) is 10.2 Å². The van der Waals surface area contributed by atoms with E-state index in [1.54, 1.807) is 48.9 Å². The van der Waals surface area contributed by atoms with E-state index in [4.69, 9.17) is 4.74 Å². The summed E-state index contributed by atoms with van der Waals surface area (Å²) in [6.45, 7) is 8.55. The number of anilines is 2. The van der Waals surface area contributed by atoms with Crippen LogP contribution in [0.15, 0.2) is 30.6 Å². The third-order valence-corrected chi connectivity index (χ3v) is 7.39. The van der Waals surface area contributed by atoms with Crippen molar-refractivity contribution in [3.05, 3.63) is 46.6 Å². The predicted molar refractivity (Wildman–Crippen MR) is 132 cm³/mol. The quantitative estimate of drug-likeness (QED) is 0.415. The van der Waals surface area contributed by atoms with E-state index >= 15 is 0 Å². The molecule has 1 atom stereocenters. The molecule has 0 bridgehead atoms. The lowest BCUT2D eigenvalue weighted by Gasteiger charge is -2.32. The molecule has 3 heterocycles. The van der Waals surface area contributed by atoms with Crippen LogP contribution >= 0.6 is 11.3 Å². The Hall–Kier alpha value is -3.33. The number of Topliss-reactive ketones (excluding diaryl/α,β-unsaturated/α-hetero) is 1. The van der Waals surface area contributed by atoms with E-state index in [1.807, 2.05) is 0 Å². The zero-order valence-corrected chi connectivity index (χ0v) is 20.6. The van der Waals surface area contributed by atoms with Gasteiger partial charge in [-0.2, -0.15) is 0 Å². The number of nitrogens with zero attached hydrogens (tertiary/aromatic N) is 3. The summed E-state index contributed by atoms with van der Waals surface area (Å²) in [5.41, 5.74) is 2.19. The fourth-order valence-electron chi connectivity index (χ4n) is 4.11. The molecule has 3 aromatic rings. The Morgan fingerprint density at radius 2 is 1.91 bits per heavy atom. The molecule has 1 saturated heterocycles. The number of fused-ring (bicyclic) bond motifs is 1. The summed E-state index contributed by atoms with van der Waals surface area (Å²) in [6, 6.07) is 6.67. The molecule has 0 saturated carbocycles. The van der Waals surface area contributed by atoms with Crippen LogP contribution < -0.4 is 10.2 Å². The van der Waals surface area contributed by atoms with Crippen molar-refractivity contribution in [3.63, 3.8) is 0 Å². The minimum absolute atomic E-state index is 0.0890. The summed E-state index contributed by atoms with van der Waals surface area (Å²) in [5.74, 6) is -0.239. The standard InChI is InChI=1S/C25H28N4O4S/c1-14-17(4)34-24-21(14)22(26-13-27-24)29-10-8-18(9-11-29)25(32)33-16(3)23(31)28-20-7-5-6-19(12-20)15(2)30/h5-7,12-13,16,18H,8-11H2,1-4H3,(H,28,31). The van der Waals surface area contributed by atoms with Gasteiger partial charge in [0.25, 0.3) is 5.91 Å². The minimum atomic E-state index is -0.940. The zero-order chi connectivity index (χ0) is 24.4. The van der Waals surface area contributed by atoms with Crippen molar-refractivity contribution in [1.29, 1.82) is 0 Å². The summed E-state index contributed by atoms with van der Waals surface area (Å²) >= 11 is 1.67. The largest absolute Gasteiger partial charge is 0.452 e. The van der Waals surface area contributed by atoms with E-state index < -0.39 is 12.0 Å². The molecule has 0 aliphatic carbocycles. The van der Waals surface area contributed by atoms with Crippen molar-refractivity contribution in [2.24, 2.45) is 5.92 Å². The van der Waals surface area contributed by atoms with Gasteiger partial charge in [0, 0.05) is 29.2 Å². The van der Waals surface area contributed by atoms with Crippen LogP contribution in [0.5, 0.6) is 0 Å². The van der Waals surface area contributed by atoms with Crippen molar-refractivity contribution >= 4 is 50.7 Å². The van der Waals surface area contributed by atoms with Crippen LogP contribution in [0.3, 0.4) is 0 Å². The number of ether oxygens (including phenoxy) is 1. The lowest BCUT2D eigenvalue weighted by Crippen LogP contribution is -2.39. The van der Waals surface area contributed by atoms with Crippen molar-refractivity contribution in [2.75, 3.05) is 23.3 Å². The second kappa shape index (κ2) is 9.89. The lowest BCUT2D eigenvalue weighted by molar-refractivity contribution is -0.157. The number of hydrogen-bond donors (Lipinski definition) is 1. The van der Waals surface area contributed by atoms with E-state index in [1.165, 1.54) is 17.4 Å². The second-order valence-electron chi connectivity index (χ2n) is 8.63. The molecule has 178 valence electrons. The smallest absolute Gasteiger partial charge is 0.309 e. The van der Waals surface area contributed by atoms with Gasteiger partial charge in [-0.1, -0.05) is 12.1 Å². The molecule has 1 aliphatic heterocycles. The van der Waals surface area contributed by atoms with Crippen LogP contribution in [0.2, 0.25) is 0 Å². The molecule has 1 N–H and O–H groups in total. The number of aryl methyl sites for hydroxylation is 2. The molecular formula is C25H28N4O4S. The van der Waals surface area contributed by atoms with Gasteiger partial charge in [-0.25, -0.2) is 9.97 Å². The highest BCUT2D eigenvalue weighted by Crippen LogP contribution is 2.35. The van der Waals surface area contributed by atoms with Gasteiger partial charge in [-0.05, 0) is 58.2 Å². The number of hydrogen-bond acceptors (Lipinski definition) is 8. The van der Waals surface area contributed by atoms with Gasteiger partial charge < -0.3 is 15.0 Å². The molecule has 1 unspecified atom stereocenters. The minimum Gasteiger partial charge on any atom is -0.452 e. The Morgan fingerprint density at radius 1 is 1.18 bits per heavy atom. The molecule has 1 fully saturated rings. The maximum absolute atomic E-state index is 12.7. The number of carbonyl (C=O) groups is 3. The highest BCUT2D eigenvalue weighted by atomic mass is 32.1. The number of thiophene rings is 1. The Kier molecular flexibility index (Phi) is 6.92. The third-order valence-electron chi connectivity index (χ3n) is 6.27. The maximum atomic E-state index is 12.7. The van der Waals surface area contributed by atoms with Crippen LogP contribution in [-0.2, 0) is 14.3 Å². The van der Waals surface area contributed by atoms with Gasteiger partial charge in [-0.15, -0.1) is 11.3 Å². The number of aromatic nitrogens is 2. The molecular weight excluding hydrogens is 452 g/mol. The van der Waals surface area contributed by atoms with Crippen molar-refractivity contribution in [3.8, 4) is 0 Å². The SMILES string of the molecule is CC(=O)c1cccc(NC(=O)C(C)OC(=O)C2CCN(c3ncnc4sc(C)c(C)c34)CC2)c1. The molecule has 1 aromatic carbocycles. The van der Waals surface area contributed by atoms with E-state index in [2.05, 4.69) is 34.0 Å². The van der Waals surface area contributed by atoms with Gasteiger partial charge >= 0.3 is 5.97 Å². The number of piperidine rings is 1. The molecule has 2 aromatic heterocycles. The summed E-state index contributed by atoms with van der Waals surface area (Å²) in [7, 11) is 0. The Morgan fingerprint density at radius 3 is 2.62 bits per heavy atom. The topological polar surface area (TPSA) is 101 Å². The first-order valence-electron chi connectivity index (χ1n) is 11.3. The number of benzene rings is 1. The monoisotopic (exact) mass is 480 g/mol. The van der Waals surface area contributed by atoms with E-state index in [9.17, 15) is 14.4 Å². The number of carbonyl (C=O) groups excluding carboxylic acids is 3. The molecule has 4 rings (SSSR count). The van der Waals surface area contributed by atoms with Crippen LogP contribution in [0, 0.1) is 19.8 Å². The zero-order valence-electron chi connectivity index (χ0n) is 19.8. The van der Waals surface area contributed by atoms with Crippen molar-refractivity contribution < 1.29 is 19.1 Å². The number of nitrogens with one attached hydrogen (secondary N) is 1. The fraction of sp³-hybridized carbons (Fsp3) is 0.400. The highest BCUT2D eigenvalue weighted by Gasteiger charge is 2.30. The number of esters is 1. The summed E-state index contributed by atoms with van der Waals surface area (Å²) in [6.07, 6.45) is 1.91. The van der Waals surface area contributed by atoms with Crippen LogP contribution in [0.4, 0.5) is 11.5 Å². The van der Waals surface area contributed by atoms with Crippen LogP contribution in [0.1, 0.15) is 47.5 Å². The number of rotatable bonds is 6. The Balaban J connectivity index is 1.33. The number of amides is 1. The average molecular weight is 481 g/mol. The summed E-state index contributed by atoms with van der Waals surface area (Å²) in [5, 5.41) is 3.80. The lowest BCUT2D eigenvalue weighted by atomic mass is 9.96. The maximum Gasteiger partial charge on any atom is 0.309 e. The van der Waals surface area contributed by atoms with Gasteiger partial charge in [0.05, 0.1) is 11.3 Å². The first-order chi connectivity index (χ1) is 16.2. The van der Waals surface area contributed by atoms with E-state index in [0.717, 1.165) is 16.0 Å². The molecule has 8 nitrogen and oxygen atoms in total. The van der Waals surface area contributed by atoms with E-state index in [-0.39, 0.29) is 17.7 Å². The summed E-state index contributed by atoms with van der Waals surface area (Å²) < 4.78 is 5.47. The molecule has 34 heavy (non-hydrogen) atoms. The Labute approximate surface area is 202 Å². The molecule has 0 spiro atoms. The molecule has 9 heteroatoms. The molecule has 1 amide bonds. The third kappa shape index (κ3) is 4.94. The van der Waals surface area contributed by atoms with Gasteiger partial charge in [0.2, 0.25) is 0 Å². The first kappa shape index (κ1) is 23.8. The van der Waals surface area contributed by atoms with Gasteiger partial charge in [-0.3, -0.25) is 14.4 Å². The van der Waals surface area contributed by atoms with Crippen LogP contribution in [-0.4, -0.2) is 46.8 Å². The van der Waals surface area contributed by atoms with Crippen molar-refractivity contribution in [1.82, 2.24) is 9.97 Å². The summed E-state index contributed by atoms with van der Waals surface area (Å²) in [4.78, 5) is 50.1. The Bertz CT molecular complexity index is 1250. The first-order valence-corrected chi connectivity index (χ1v) is 12.1.